The smallest absolute Gasteiger partial charge is 0.252 e. The summed E-state index contributed by atoms with van der Waals surface area (Å²) in [5.41, 5.74) is 1.47. The quantitative estimate of drug-likeness (QED) is 0.350. The zero-order chi connectivity index (χ0) is 29.9. The first kappa shape index (κ1) is 29.6. The van der Waals surface area contributed by atoms with Crippen LogP contribution in [-0.4, -0.2) is 51.4 Å². The molecule has 0 bridgehead atoms. The topological polar surface area (TPSA) is 188 Å². The molecular formula is C27H25N5O7S2. The fourth-order valence-electron chi connectivity index (χ4n) is 4.37. The monoisotopic (exact) mass is 595 g/mol. The van der Waals surface area contributed by atoms with Gasteiger partial charge in [0.25, 0.3) is 5.91 Å². The first-order valence-corrected chi connectivity index (χ1v) is 15.2. The highest BCUT2D eigenvalue weighted by Crippen LogP contribution is 2.30. The minimum atomic E-state index is -4.34. The largest absolute Gasteiger partial charge is 0.326 e. The van der Waals surface area contributed by atoms with Gasteiger partial charge in [-0.15, -0.1) is 0 Å². The van der Waals surface area contributed by atoms with Gasteiger partial charge in [0.1, 0.15) is 6.04 Å². The van der Waals surface area contributed by atoms with Gasteiger partial charge in [0, 0.05) is 19.2 Å². The third-order valence-electron chi connectivity index (χ3n) is 6.38. The Balaban J connectivity index is 1.68. The van der Waals surface area contributed by atoms with Crippen molar-refractivity contribution in [1.29, 1.82) is 5.26 Å². The molecule has 0 spiro atoms. The molecule has 1 atom stereocenters. The molecule has 3 N–H and O–H groups in total. The number of nitrogens with two attached hydrogens (primary N) is 1. The van der Waals surface area contributed by atoms with Gasteiger partial charge in [0.2, 0.25) is 31.9 Å². The van der Waals surface area contributed by atoms with Gasteiger partial charge in [0.15, 0.2) is 0 Å². The predicted molar refractivity (Wildman–Crippen MR) is 148 cm³/mol. The minimum Gasteiger partial charge on any atom is -0.326 e. The molecule has 1 heterocycles. The maximum absolute atomic E-state index is 13.9. The fourth-order valence-corrected chi connectivity index (χ4v) is 6.47. The van der Waals surface area contributed by atoms with Crippen LogP contribution in [0.3, 0.4) is 0 Å². The van der Waals surface area contributed by atoms with Crippen LogP contribution in [0.2, 0.25) is 0 Å². The van der Waals surface area contributed by atoms with Crippen molar-refractivity contribution in [2.75, 3.05) is 16.8 Å². The number of nitriles is 1. The molecule has 14 heteroatoms. The highest BCUT2D eigenvalue weighted by molar-refractivity contribution is 7.89. The number of carbonyl (C=O) groups is 3. The Morgan fingerprint density at radius 2 is 1.56 bits per heavy atom. The molecule has 0 aliphatic carbocycles. The number of amides is 3. The second kappa shape index (κ2) is 11.6. The summed E-state index contributed by atoms with van der Waals surface area (Å²) in [4.78, 5) is 38.5. The van der Waals surface area contributed by atoms with E-state index in [1.165, 1.54) is 79.7 Å². The number of carbonyl (C=O) groups excluding carboxylic acids is 3. The molecule has 1 aliphatic rings. The number of anilines is 2. The number of nitrogens with one attached hydrogen (secondary N) is 1. The van der Waals surface area contributed by atoms with Crippen molar-refractivity contribution < 1.29 is 31.2 Å². The van der Waals surface area contributed by atoms with Gasteiger partial charge in [0.05, 0.1) is 33.5 Å². The number of hydrogen-bond donors (Lipinski definition) is 2. The third kappa shape index (κ3) is 6.50. The summed E-state index contributed by atoms with van der Waals surface area (Å²) in [7, 11) is -8.26. The lowest BCUT2D eigenvalue weighted by Gasteiger charge is -2.27. The Bertz CT molecular complexity index is 1750. The van der Waals surface area contributed by atoms with Gasteiger partial charge in [-0.1, -0.05) is 12.1 Å². The lowest BCUT2D eigenvalue weighted by Crippen LogP contribution is -2.46. The zero-order valence-corrected chi connectivity index (χ0v) is 23.4. The van der Waals surface area contributed by atoms with E-state index in [1.807, 2.05) is 6.07 Å². The van der Waals surface area contributed by atoms with Gasteiger partial charge < -0.3 is 5.32 Å². The van der Waals surface area contributed by atoms with Crippen molar-refractivity contribution in [1.82, 2.24) is 4.31 Å². The van der Waals surface area contributed by atoms with E-state index in [-0.39, 0.29) is 34.4 Å². The van der Waals surface area contributed by atoms with Crippen molar-refractivity contribution in [2.24, 2.45) is 5.14 Å². The minimum absolute atomic E-state index is 0.0863. The normalized spacial score (nSPS) is 15.7. The molecule has 1 unspecified atom stereocenters. The number of benzene rings is 3. The molecular weight excluding hydrogens is 570 g/mol. The van der Waals surface area contributed by atoms with Crippen LogP contribution in [0, 0.1) is 11.3 Å². The van der Waals surface area contributed by atoms with Gasteiger partial charge in [-0.25, -0.2) is 26.9 Å². The van der Waals surface area contributed by atoms with Crippen LogP contribution in [-0.2, 0) is 40.9 Å². The maximum atomic E-state index is 13.9. The standard InChI is InChI=1S/C27H25N5O7S2/c1-18(33)30-21-6-12-24(13-7-21)41(38,39)31(15-14-19-4-10-23(11-5-19)40(29,36)37)25-16-26(34)32(27(25)35)22-8-2-20(17-28)3-9-22/h2-13,25H,14-16H2,1H3,(H,30,33)(H2,29,36,37). The number of primary sulfonamides is 1. The first-order chi connectivity index (χ1) is 19.3. The molecule has 0 radical (unpaired) electrons. The maximum Gasteiger partial charge on any atom is 0.252 e. The predicted octanol–water partition coefficient (Wildman–Crippen LogP) is 1.73. The molecule has 1 aliphatic heterocycles. The molecule has 4 rings (SSSR count). The molecule has 3 aromatic carbocycles. The number of hydrogen-bond acceptors (Lipinski definition) is 8. The van der Waals surface area contributed by atoms with Crippen LogP contribution in [0.4, 0.5) is 11.4 Å². The average molecular weight is 596 g/mol. The third-order valence-corrected chi connectivity index (χ3v) is 9.23. The van der Waals surface area contributed by atoms with Crippen molar-refractivity contribution in [2.45, 2.75) is 35.6 Å². The number of nitrogens with zero attached hydrogens (tertiary/aromatic N) is 3. The Morgan fingerprint density at radius 3 is 2.10 bits per heavy atom. The van der Waals surface area contributed by atoms with Crippen LogP contribution in [0.5, 0.6) is 0 Å². The summed E-state index contributed by atoms with van der Waals surface area (Å²) >= 11 is 0. The molecule has 3 amide bonds. The molecule has 0 aromatic heterocycles. The van der Waals surface area contributed by atoms with Crippen molar-refractivity contribution in [3.05, 3.63) is 83.9 Å². The highest BCUT2D eigenvalue weighted by Gasteiger charge is 2.46. The van der Waals surface area contributed by atoms with Gasteiger partial charge in [-0.2, -0.15) is 9.57 Å². The number of imide groups is 1. The van der Waals surface area contributed by atoms with Gasteiger partial charge >= 0.3 is 0 Å². The Kier molecular flexibility index (Phi) is 8.36. The second-order valence-electron chi connectivity index (χ2n) is 9.21. The lowest BCUT2D eigenvalue weighted by molar-refractivity contribution is -0.122. The van der Waals surface area contributed by atoms with Crippen LogP contribution in [0.1, 0.15) is 24.5 Å². The summed E-state index contributed by atoms with van der Waals surface area (Å²) in [5, 5.41) is 16.7. The van der Waals surface area contributed by atoms with E-state index in [0.717, 1.165) is 9.21 Å². The van der Waals surface area contributed by atoms with Crippen molar-refractivity contribution >= 4 is 49.1 Å². The summed E-state index contributed by atoms with van der Waals surface area (Å²) in [6.07, 6.45) is -0.324. The van der Waals surface area contributed by atoms with Gasteiger partial charge in [-0.05, 0) is 72.6 Å². The van der Waals surface area contributed by atoms with Gasteiger partial charge in [-0.3, -0.25) is 14.4 Å². The van der Waals surface area contributed by atoms with E-state index >= 15 is 0 Å². The number of sulfonamides is 2. The highest BCUT2D eigenvalue weighted by atomic mass is 32.2. The second-order valence-corrected chi connectivity index (χ2v) is 12.7. The SMILES string of the molecule is CC(=O)Nc1ccc(S(=O)(=O)N(CCc2ccc(S(N)(=O)=O)cc2)C2CC(=O)N(c3ccc(C#N)cc3)C2=O)cc1. The molecule has 0 saturated carbocycles. The van der Waals surface area contributed by atoms with Crippen LogP contribution >= 0.6 is 0 Å². The van der Waals surface area contributed by atoms with Crippen LogP contribution in [0.25, 0.3) is 0 Å². The van der Waals surface area contributed by atoms with E-state index in [4.69, 9.17) is 10.4 Å². The zero-order valence-electron chi connectivity index (χ0n) is 21.7. The molecule has 3 aromatic rings. The average Bonchev–Trinajstić information content (AvgIpc) is 3.21. The molecule has 1 saturated heterocycles. The fraction of sp³-hybridized carbons (Fsp3) is 0.185. The van der Waals surface area contributed by atoms with E-state index in [0.29, 0.717) is 16.8 Å². The lowest BCUT2D eigenvalue weighted by atomic mass is 10.1. The summed E-state index contributed by atoms with van der Waals surface area (Å²) < 4.78 is 51.8. The molecule has 1 fully saturated rings. The molecule has 212 valence electrons. The summed E-state index contributed by atoms with van der Waals surface area (Å²) in [6, 6.07) is 17.3. The van der Waals surface area contributed by atoms with Crippen molar-refractivity contribution in [3.63, 3.8) is 0 Å². The Morgan fingerprint density at radius 1 is 0.976 bits per heavy atom. The summed E-state index contributed by atoms with van der Waals surface area (Å²) in [6.45, 7) is 1.10. The van der Waals surface area contributed by atoms with Crippen LogP contribution < -0.4 is 15.4 Å². The van der Waals surface area contributed by atoms with E-state index < -0.39 is 44.3 Å². The van der Waals surface area contributed by atoms with Crippen LogP contribution in [0.15, 0.2) is 82.6 Å². The van der Waals surface area contributed by atoms with E-state index in [2.05, 4.69) is 5.32 Å². The van der Waals surface area contributed by atoms with E-state index in [9.17, 15) is 31.2 Å². The Labute approximate surface area is 237 Å². The molecule has 41 heavy (non-hydrogen) atoms. The molecule has 12 nitrogen and oxygen atoms in total. The Hall–Kier alpha value is -4.42. The van der Waals surface area contributed by atoms with E-state index in [1.54, 1.807) is 0 Å². The van der Waals surface area contributed by atoms with Crippen molar-refractivity contribution in [3.8, 4) is 6.07 Å². The summed E-state index contributed by atoms with van der Waals surface area (Å²) in [5.74, 6) is -1.69. The number of rotatable bonds is 9. The first-order valence-electron chi connectivity index (χ1n) is 12.2.